The van der Waals surface area contributed by atoms with E-state index in [1.165, 1.54) is 0 Å². The van der Waals surface area contributed by atoms with E-state index in [0.717, 1.165) is 18.4 Å². The first-order valence-corrected chi connectivity index (χ1v) is 6.61. The fourth-order valence-corrected chi connectivity index (χ4v) is 3.79. The Hall–Kier alpha value is -1.38. The Labute approximate surface area is 107 Å². The average molecular weight is 246 g/mol. The molecule has 96 valence electrons. The second-order valence-corrected chi connectivity index (χ2v) is 5.84. The Bertz CT molecular complexity index is 462. The Kier molecular flexibility index (Phi) is 2.47. The van der Waals surface area contributed by atoms with Crippen molar-refractivity contribution < 1.29 is 14.3 Å². The zero-order chi connectivity index (χ0) is 13.0. The summed E-state index contributed by atoms with van der Waals surface area (Å²) >= 11 is 0. The van der Waals surface area contributed by atoms with Crippen molar-refractivity contribution in [1.29, 1.82) is 0 Å². The van der Waals surface area contributed by atoms with Crippen LogP contribution in [-0.4, -0.2) is 17.9 Å². The molecule has 18 heavy (non-hydrogen) atoms. The van der Waals surface area contributed by atoms with Crippen LogP contribution in [0.3, 0.4) is 0 Å². The number of hydrogen-bond donors (Lipinski definition) is 0. The van der Waals surface area contributed by atoms with E-state index < -0.39 is 0 Å². The van der Waals surface area contributed by atoms with Crippen LogP contribution in [0.15, 0.2) is 24.3 Å². The zero-order valence-electron chi connectivity index (χ0n) is 10.6. The topological polar surface area (TPSA) is 43.4 Å². The first kappa shape index (κ1) is 11.7. The normalized spacial score (nSPS) is 43.5. The van der Waals surface area contributed by atoms with E-state index in [0.29, 0.717) is 12.0 Å². The Balaban J connectivity index is 2.01. The number of Topliss-reactive ketones (excluding diaryl/α,β-unsaturated/α-hetero) is 1. The van der Waals surface area contributed by atoms with Gasteiger partial charge in [-0.1, -0.05) is 25.7 Å². The molecule has 3 heteroatoms. The maximum atomic E-state index is 11.9. The highest BCUT2D eigenvalue weighted by atomic mass is 16.6. The molecule has 0 aromatic heterocycles. The molecule has 1 saturated heterocycles. The zero-order valence-corrected chi connectivity index (χ0v) is 10.6. The third-order valence-corrected chi connectivity index (χ3v) is 4.96. The molecule has 3 aliphatic rings. The van der Waals surface area contributed by atoms with Crippen molar-refractivity contribution in [2.75, 3.05) is 0 Å². The highest BCUT2D eigenvalue weighted by Crippen LogP contribution is 2.50. The van der Waals surface area contributed by atoms with E-state index in [9.17, 15) is 9.59 Å². The fourth-order valence-electron chi connectivity index (χ4n) is 3.79. The second-order valence-electron chi connectivity index (χ2n) is 5.84. The van der Waals surface area contributed by atoms with Gasteiger partial charge in [0.05, 0.1) is 5.92 Å². The molecule has 0 aromatic carbocycles. The van der Waals surface area contributed by atoms with Crippen LogP contribution in [0.1, 0.15) is 26.2 Å². The van der Waals surface area contributed by atoms with Crippen molar-refractivity contribution in [3.63, 3.8) is 0 Å². The number of esters is 1. The molecule has 0 amide bonds. The predicted octanol–water partition coefficient (Wildman–Crippen LogP) is 2.28. The Morgan fingerprint density at radius 2 is 2.00 bits per heavy atom. The molecule has 0 bridgehead atoms. The van der Waals surface area contributed by atoms with Gasteiger partial charge < -0.3 is 4.74 Å². The lowest BCUT2D eigenvalue weighted by molar-refractivity contribution is -0.145. The summed E-state index contributed by atoms with van der Waals surface area (Å²) in [5, 5.41) is 0. The van der Waals surface area contributed by atoms with Crippen molar-refractivity contribution in [1.82, 2.24) is 0 Å². The van der Waals surface area contributed by atoms with E-state index in [-0.39, 0.29) is 41.5 Å². The molecule has 3 fully saturated rings. The van der Waals surface area contributed by atoms with Gasteiger partial charge in [-0.15, -0.1) is 0 Å². The molecule has 0 spiro atoms. The summed E-state index contributed by atoms with van der Waals surface area (Å²) in [5.41, 5.74) is 1.77. The standard InChI is InChI=1S/C15H18O3/c1-7-4-5-10-8(2)15(17)18-14(10)13-9(3)12(16)6-11(7)13/h8,10-11,13-14H,1,3-6H2,2H3. The van der Waals surface area contributed by atoms with Crippen LogP contribution in [0.4, 0.5) is 0 Å². The maximum absolute atomic E-state index is 11.9. The van der Waals surface area contributed by atoms with Crippen molar-refractivity contribution >= 4 is 11.8 Å². The molecule has 0 radical (unpaired) electrons. The van der Waals surface area contributed by atoms with Crippen LogP contribution in [0.5, 0.6) is 0 Å². The summed E-state index contributed by atoms with van der Waals surface area (Å²) in [6.45, 7) is 9.97. The molecule has 0 aromatic rings. The molecule has 3 nitrogen and oxygen atoms in total. The summed E-state index contributed by atoms with van der Waals surface area (Å²) < 4.78 is 5.55. The number of allylic oxidation sites excluding steroid dienone is 1. The third-order valence-electron chi connectivity index (χ3n) is 4.96. The SMILES string of the molecule is C=C1CCC2C(C)C(=O)OC2C2C(=C)C(=O)CC12. The van der Waals surface area contributed by atoms with Crippen molar-refractivity contribution in [3.05, 3.63) is 24.3 Å². The fraction of sp³-hybridized carbons (Fsp3) is 0.600. The van der Waals surface area contributed by atoms with Gasteiger partial charge in [-0.3, -0.25) is 9.59 Å². The number of carbonyl (C=O) groups excluding carboxylic acids is 2. The highest BCUT2D eigenvalue weighted by Gasteiger charge is 2.53. The lowest BCUT2D eigenvalue weighted by Gasteiger charge is -2.25. The highest BCUT2D eigenvalue weighted by molar-refractivity contribution is 5.98. The third kappa shape index (κ3) is 1.43. The van der Waals surface area contributed by atoms with E-state index >= 15 is 0 Å². The Morgan fingerprint density at radius 3 is 2.72 bits per heavy atom. The first-order chi connectivity index (χ1) is 8.50. The van der Waals surface area contributed by atoms with Crippen molar-refractivity contribution in [2.45, 2.75) is 32.3 Å². The van der Waals surface area contributed by atoms with Crippen molar-refractivity contribution in [2.24, 2.45) is 23.7 Å². The summed E-state index contributed by atoms with van der Waals surface area (Å²) in [6.07, 6.45) is 2.17. The van der Waals surface area contributed by atoms with Crippen LogP contribution in [0.25, 0.3) is 0 Å². The van der Waals surface area contributed by atoms with E-state index in [1.807, 2.05) is 6.92 Å². The number of ether oxygens (including phenoxy) is 1. The van der Waals surface area contributed by atoms with Gasteiger partial charge in [-0.05, 0) is 24.3 Å². The van der Waals surface area contributed by atoms with Gasteiger partial charge in [-0.2, -0.15) is 0 Å². The van der Waals surface area contributed by atoms with Gasteiger partial charge >= 0.3 is 5.97 Å². The van der Waals surface area contributed by atoms with Gasteiger partial charge in [0.15, 0.2) is 5.78 Å². The quantitative estimate of drug-likeness (QED) is 0.374. The molecule has 2 saturated carbocycles. The van der Waals surface area contributed by atoms with E-state index in [1.54, 1.807) is 0 Å². The monoisotopic (exact) mass is 246 g/mol. The van der Waals surface area contributed by atoms with Gasteiger partial charge in [0.2, 0.25) is 0 Å². The van der Waals surface area contributed by atoms with Crippen molar-refractivity contribution in [3.8, 4) is 0 Å². The summed E-state index contributed by atoms with van der Waals surface area (Å²) in [4.78, 5) is 23.6. The van der Waals surface area contributed by atoms with Crippen LogP contribution in [0, 0.1) is 23.7 Å². The summed E-state index contributed by atoms with van der Waals surface area (Å²) in [6, 6.07) is 0. The lowest BCUT2D eigenvalue weighted by atomic mass is 9.80. The predicted molar refractivity (Wildman–Crippen MR) is 66.7 cm³/mol. The van der Waals surface area contributed by atoms with Crippen LogP contribution in [0.2, 0.25) is 0 Å². The van der Waals surface area contributed by atoms with E-state index in [2.05, 4.69) is 13.2 Å². The number of ketones is 1. The molecule has 2 aliphatic carbocycles. The molecule has 1 aliphatic heterocycles. The molecule has 3 rings (SSSR count). The minimum atomic E-state index is -0.157. The van der Waals surface area contributed by atoms with Gasteiger partial charge in [0.1, 0.15) is 6.10 Å². The molecular weight excluding hydrogens is 228 g/mol. The van der Waals surface area contributed by atoms with Gasteiger partial charge in [0.25, 0.3) is 0 Å². The smallest absolute Gasteiger partial charge is 0.309 e. The largest absolute Gasteiger partial charge is 0.461 e. The number of fused-ring (bicyclic) bond motifs is 3. The first-order valence-electron chi connectivity index (χ1n) is 6.61. The minimum absolute atomic E-state index is 0.0219. The Morgan fingerprint density at radius 1 is 1.28 bits per heavy atom. The summed E-state index contributed by atoms with van der Waals surface area (Å²) in [5.74, 6) is 0.257. The molecule has 5 unspecified atom stereocenters. The second kappa shape index (κ2) is 3.81. The number of rotatable bonds is 0. The molecule has 0 N–H and O–H groups in total. The molecule has 1 heterocycles. The maximum Gasteiger partial charge on any atom is 0.309 e. The van der Waals surface area contributed by atoms with E-state index in [4.69, 9.17) is 4.74 Å². The lowest BCUT2D eigenvalue weighted by Crippen LogP contribution is -2.29. The average Bonchev–Trinajstić information content (AvgIpc) is 2.72. The van der Waals surface area contributed by atoms with Gasteiger partial charge in [-0.25, -0.2) is 0 Å². The molecular formula is C15H18O3. The number of hydrogen-bond acceptors (Lipinski definition) is 3. The number of carbonyl (C=O) groups is 2. The summed E-state index contributed by atoms with van der Waals surface area (Å²) in [7, 11) is 0. The minimum Gasteiger partial charge on any atom is -0.461 e. The van der Waals surface area contributed by atoms with Crippen LogP contribution >= 0.6 is 0 Å². The van der Waals surface area contributed by atoms with Crippen LogP contribution in [-0.2, 0) is 14.3 Å². The van der Waals surface area contributed by atoms with Gasteiger partial charge in [0, 0.05) is 18.3 Å². The molecule has 5 atom stereocenters. The van der Waals surface area contributed by atoms with Crippen LogP contribution < -0.4 is 0 Å².